The van der Waals surface area contributed by atoms with E-state index in [-0.39, 0.29) is 5.97 Å². The van der Waals surface area contributed by atoms with Gasteiger partial charge in [-0.3, -0.25) is 4.99 Å². The van der Waals surface area contributed by atoms with Gasteiger partial charge in [-0.1, -0.05) is 97.1 Å². The lowest BCUT2D eigenvalue weighted by molar-refractivity contribution is -0.138. The highest BCUT2D eigenvalue weighted by molar-refractivity contribution is 5.87. The summed E-state index contributed by atoms with van der Waals surface area (Å²) in [4.78, 5) is 16.4. The van der Waals surface area contributed by atoms with E-state index in [4.69, 9.17) is 9.47 Å². The van der Waals surface area contributed by atoms with Crippen LogP contribution in [0.15, 0.2) is 59.6 Å². The van der Waals surface area contributed by atoms with E-state index in [1.54, 1.807) is 6.08 Å². The van der Waals surface area contributed by atoms with Crippen molar-refractivity contribution in [2.24, 2.45) is 10.9 Å². The molecule has 0 N–H and O–H groups in total. The molecule has 0 aliphatic carbocycles. The molecule has 202 valence electrons. The van der Waals surface area contributed by atoms with Gasteiger partial charge in [0, 0.05) is 12.3 Å². The maximum absolute atomic E-state index is 11.8. The van der Waals surface area contributed by atoms with Crippen LogP contribution in [0.3, 0.4) is 0 Å². The summed E-state index contributed by atoms with van der Waals surface area (Å²) >= 11 is 0. The number of nitrogens with zero attached hydrogens (tertiary/aromatic N) is 1. The number of hydrogen-bond donors (Lipinski definition) is 0. The molecular weight excluding hydrogens is 458 g/mol. The predicted molar refractivity (Wildman–Crippen MR) is 157 cm³/mol. The summed E-state index contributed by atoms with van der Waals surface area (Å²) in [7, 11) is 0. The van der Waals surface area contributed by atoms with Gasteiger partial charge in [0.2, 0.25) is 0 Å². The van der Waals surface area contributed by atoms with Crippen LogP contribution in [0.1, 0.15) is 103 Å². The summed E-state index contributed by atoms with van der Waals surface area (Å²) in [6.07, 6.45) is 19.4. The first-order valence-corrected chi connectivity index (χ1v) is 14.3. The second-order valence-electron chi connectivity index (χ2n) is 9.93. The number of rotatable bonds is 19. The molecular formula is C33H47NO3. The minimum Gasteiger partial charge on any atom is -0.494 e. The molecule has 2 aromatic carbocycles. The summed E-state index contributed by atoms with van der Waals surface area (Å²) in [6.45, 7) is 7.66. The smallest absolute Gasteiger partial charge is 0.330 e. The monoisotopic (exact) mass is 505 g/mol. The Labute approximate surface area is 225 Å². The fraction of sp³-hybridized carbons (Fsp3) is 0.515. The normalized spacial score (nSPS) is 12.3. The molecule has 0 radical (unpaired) electrons. The van der Waals surface area contributed by atoms with Crippen molar-refractivity contribution in [1.29, 1.82) is 0 Å². The summed E-state index contributed by atoms with van der Waals surface area (Å²) in [5, 5.41) is 0. The molecule has 0 aliphatic rings. The Morgan fingerprint density at radius 3 is 2.03 bits per heavy atom. The van der Waals surface area contributed by atoms with Crippen LogP contribution in [0.5, 0.6) is 5.75 Å². The first-order chi connectivity index (χ1) is 18.1. The number of esters is 1. The first-order valence-electron chi connectivity index (χ1n) is 14.3. The van der Waals surface area contributed by atoms with Crippen LogP contribution in [-0.2, 0) is 9.53 Å². The SMILES string of the molecule is CCCCCCCCCCCCOc1ccc(C=Nc2ccc(/C=C/C(=O)OCC(C)CC)cc2)cc1. The molecule has 37 heavy (non-hydrogen) atoms. The number of hydrogen-bond acceptors (Lipinski definition) is 4. The highest BCUT2D eigenvalue weighted by Gasteiger charge is 2.02. The quantitative estimate of drug-likeness (QED) is 0.0827. The first kappa shape index (κ1) is 30.3. The summed E-state index contributed by atoms with van der Waals surface area (Å²) in [6, 6.07) is 15.8. The molecule has 0 aliphatic heterocycles. The second kappa shape index (κ2) is 19.3. The summed E-state index contributed by atoms with van der Waals surface area (Å²) in [5.74, 6) is 0.984. The van der Waals surface area contributed by atoms with Gasteiger partial charge in [0.15, 0.2) is 0 Å². The van der Waals surface area contributed by atoms with Crippen LogP contribution < -0.4 is 4.74 Å². The van der Waals surface area contributed by atoms with Crippen molar-refractivity contribution in [2.75, 3.05) is 13.2 Å². The molecule has 0 saturated heterocycles. The molecule has 0 aromatic heterocycles. The summed E-state index contributed by atoms with van der Waals surface area (Å²) < 4.78 is 11.1. The third-order valence-corrected chi connectivity index (χ3v) is 6.52. The van der Waals surface area contributed by atoms with Gasteiger partial charge in [0.1, 0.15) is 5.75 Å². The van der Waals surface area contributed by atoms with E-state index in [0.717, 1.165) is 42.0 Å². The minimum absolute atomic E-state index is 0.307. The molecule has 4 nitrogen and oxygen atoms in total. The largest absolute Gasteiger partial charge is 0.494 e. The fourth-order valence-corrected chi connectivity index (χ4v) is 3.80. The van der Waals surface area contributed by atoms with E-state index in [2.05, 4.69) is 25.8 Å². The van der Waals surface area contributed by atoms with Crippen LogP contribution in [0.4, 0.5) is 5.69 Å². The van der Waals surface area contributed by atoms with Crippen molar-refractivity contribution in [3.8, 4) is 5.75 Å². The van der Waals surface area contributed by atoms with E-state index in [9.17, 15) is 4.79 Å². The Kier molecular flexibility index (Phi) is 15.8. The van der Waals surface area contributed by atoms with Gasteiger partial charge in [0.05, 0.1) is 18.9 Å². The second-order valence-corrected chi connectivity index (χ2v) is 9.93. The van der Waals surface area contributed by atoms with E-state index in [1.807, 2.05) is 54.7 Å². The van der Waals surface area contributed by atoms with Crippen LogP contribution in [0.2, 0.25) is 0 Å². The van der Waals surface area contributed by atoms with Crippen LogP contribution in [-0.4, -0.2) is 25.4 Å². The maximum atomic E-state index is 11.8. The van der Waals surface area contributed by atoms with E-state index >= 15 is 0 Å². The predicted octanol–water partition coefficient (Wildman–Crippen LogP) is 9.34. The van der Waals surface area contributed by atoms with Gasteiger partial charge in [-0.2, -0.15) is 0 Å². The van der Waals surface area contributed by atoms with Gasteiger partial charge in [0.25, 0.3) is 0 Å². The van der Waals surface area contributed by atoms with Crippen molar-refractivity contribution in [3.63, 3.8) is 0 Å². The number of carbonyl (C=O) groups excluding carboxylic acids is 1. The standard InChI is InChI=1S/C33H47NO3/c1-4-6-7-8-9-10-11-12-13-14-25-36-32-22-17-30(18-23-32)26-34-31-20-15-29(16-21-31)19-24-33(35)37-27-28(3)5-2/h15-24,26,28H,4-14,25,27H2,1-3H3/b24-19+,34-26?. The third-order valence-electron chi connectivity index (χ3n) is 6.52. The number of carbonyl (C=O) groups is 1. The van der Waals surface area contributed by atoms with Crippen molar-refractivity contribution in [2.45, 2.75) is 91.4 Å². The zero-order valence-electron chi connectivity index (χ0n) is 23.3. The van der Waals surface area contributed by atoms with Crippen molar-refractivity contribution >= 4 is 23.9 Å². The molecule has 1 atom stereocenters. The minimum atomic E-state index is -0.307. The molecule has 1 unspecified atom stereocenters. The van der Waals surface area contributed by atoms with Crippen LogP contribution in [0.25, 0.3) is 6.08 Å². The molecule has 0 spiro atoms. The molecule has 2 rings (SSSR count). The zero-order chi connectivity index (χ0) is 26.6. The van der Waals surface area contributed by atoms with E-state index in [1.165, 1.54) is 63.9 Å². The van der Waals surface area contributed by atoms with E-state index < -0.39 is 0 Å². The Morgan fingerprint density at radius 2 is 1.41 bits per heavy atom. The lowest BCUT2D eigenvalue weighted by Crippen LogP contribution is -2.08. The topological polar surface area (TPSA) is 47.9 Å². The number of aliphatic imine (C=N–C) groups is 1. The Hall–Kier alpha value is -2.88. The molecule has 0 bridgehead atoms. The van der Waals surface area contributed by atoms with Gasteiger partial charge in [-0.15, -0.1) is 0 Å². The van der Waals surface area contributed by atoms with Gasteiger partial charge < -0.3 is 9.47 Å². The molecule has 0 saturated carbocycles. The van der Waals surface area contributed by atoms with E-state index in [0.29, 0.717) is 12.5 Å². The lowest BCUT2D eigenvalue weighted by atomic mass is 10.1. The van der Waals surface area contributed by atoms with Gasteiger partial charge in [-0.05, 0) is 65.9 Å². The molecule has 2 aromatic rings. The van der Waals surface area contributed by atoms with Crippen molar-refractivity contribution < 1.29 is 14.3 Å². The summed E-state index contributed by atoms with van der Waals surface area (Å²) in [5.41, 5.74) is 2.82. The third kappa shape index (κ3) is 14.4. The van der Waals surface area contributed by atoms with Crippen molar-refractivity contribution in [3.05, 3.63) is 65.7 Å². The molecule has 0 fully saturated rings. The van der Waals surface area contributed by atoms with Crippen LogP contribution >= 0.6 is 0 Å². The Bertz CT molecular complexity index is 916. The maximum Gasteiger partial charge on any atom is 0.330 e. The Balaban J connectivity index is 1.63. The highest BCUT2D eigenvalue weighted by Crippen LogP contribution is 2.17. The molecule has 4 heteroatoms. The zero-order valence-corrected chi connectivity index (χ0v) is 23.3. The number of unbranched alkanes of at least 4 members (excludes halogenated alkanes) is 9. The van der Waals surface area contributed by atoms with Gasteiger partial charge >= 0.3 is 5.97 Å². The Morgan fingerprint density at radius 1 is 0.811 bits per heavy atom. The average molecular weight is 506 g/mol. The average Bonchev–Trinajstić information content (AvgIpc) is 2.93. The van der Waals surface area contributed by atoms with Gasteiger partial charge in [-0.25, -0.2) is 4.79 Å². The highest BCUT2D eigenvalue weighted by atomic mass is 16.5. The lowest BCUT2D eigenvalue weighted by Gasteiger charge is -2.07. The molecule has 0 amide bonds. The van der Waals surface area contributed by atoms with Crippen LogP contribution in [0, 0.1) is 5.92 Å². The number of ether oxygens (including phenoxy) is 2. The molecule has 0 heterocycles. The number of benzene rings is 2. The van der Waals surface area contributed by atoms with Crippen molar-refractivity contribution in [1.82, 2.24) is 0 Å². The fourth-order valence-electron chi connectivity index (χ4n) is 3.80.